The lowest BCUT2D eigenvalue weighted by atomic mass is 9.99. The van der Waals surface area contributed by atoms with Crippen LogP contribution in [0.5, 0.6) is 0 Å². The molecule has 2 rings (SSSR count). The van der Waals surface area contributed by atoms with E-state index in [1.165, 1.54) is 0 Å². The molecule has 0 aliphatic carbocycles. The van der Waals surface area contributed by atoms with Gasteiger partial charge in [-0.05, 0) is 25.8 Å². The van der Waals surface area contributed by atoms with Crippen LogP contribution in [0.3, 0.4) is 0 Å². The van der Waals surface area contributed by atoms with E-state index in [-0.39, 0.29) is 32.5 Å². The first-order chi connectivity index (χ1) is 21.8. The number of nitrogens with one attached hydrogen (secondary N) is 2. The molecule has 0 saturated carbocycles. The summed E-state index contributed by atoms with van der Waals surface area (Å²) in [6.07, 6.45) is -16.5. The van der Waals surface area contributed by atoms with Crippen LogP contribution in [0.25, 0.3) is 0 Å². The van der Waals surface area contributed by atoms with Crippen molar-refractivity contribution in [3.63, 3.8) is 0 Å². The first-order valence-corrected chi connectivity index (χ1v) is 17.2. The Bertz CT molecular complexity index is 1080. The van der Waals surface area contributed by atoms with E-state index >= 15 is 0 Å². The maximum atomic E-state index is 12.8. The Morgan fingerprint density at radius 3 is 1.70 bits per heavy atom. The molecule has 2 heterocycles. The highest BCUT2D eigenvalue weighted by atomic mass is 31.2. The summed E-state index contributed by atoms with van der Waals surface area (Å²) < 4.78 is 51.3. The van der Waals surface area contributed by atoms with E-state index in [0.717, 1.165) is 0 Å². The number of phosphoric acid groups is 2. The third-order valence-electron chi connectivity index (χ3n) is 6.78. The number of hydrogen-bond donors (Lipinski definition) is 13. The number of ether oxygens (including phenoxy) is 4. The minimum atomic E-state index is -4.97. The van der Waals surface area contributed by atoms with E-state index in [4.69, 9.17) is 44.3 Å². The van der Waals surface area contributed by atoms with Crippen molar-refractivity contribution in [2.75, 3.05) is 39.5 Å². The lowest BCUT2D eigenvalue weighted by Crippen LogP contribution is -2.59. The van der Waals surface area contributed by atoms with E-state index in [2.05, 4.69) is 19.7 Å². The summed E-state index contributed by atoms with van der Waals surface area (Å²) in [5.41, 5.74) is 5.51. The Labute approximate surface area is 267 Å². The molecular formula is C22H43N3O20P2. The highest BCUT2D eigenvalue weighted by Gasteiger charge is 2.46. The normalized spacial score (nSPS) is 32.5. The fourth-order valence-electron chi connectivity index (χ4n) is 4.32. The number of amides is 2. The van der Waals surface area contributed by atoms with Crippen LogP contribution in [0, 0.1) is 0 Å². The van der Waals surface area contributed by atoms with Gasteiger partial charge in [-0.2, -0.15) is 0 Å². The molecule has 2 aliphatic rings. The second-order valence-electron chi connectivity index (χ2n) is 10.5. The highest BCUT2D eigenvalue weighted by molar-refractivity contribution is 7.46. The fourth-order valence-corrected chi connectivity index (χ4v) is 5.00. The third-order valence-corrected chi connectivity index (χ3v) is 7.75. The van der Waals surface area contributed by atoms with Gasteiger partial charge in [0.25, 0.3) is 0 Å². The monoisotopic (exact) mass is 731 g/mol. The SMILES string of the molecule is NCCC[C@H](NC(=O)CO[C@H]1O[C@H](COP(=O)(O)O)[C@@H](O)[C@H](O)[C@@H]1O)C(=O)NCCCO[C@H]1O[C@H](COP(=O)(O)O)[C@@H](O)[C@H](O)[C@@H]1O. The molecule has 0 aromatic heterocycles. The number of hydrogen-bond acceptors (Lipinski definition) is 17. The second kappa shape index (κ2) is 19.2. The molecule has 0 radical (unpaired) electrons. The van der Waals surface area contributed by atoms with Gasteiger partial charge in [-0.3, -0.25) is 18.6 Å². The summed E-state index contributed by atoms with van der Waals surface area (Å²) in [5, 5.41) is 65.2. The first kappa shape index (κ1) is 41.9. The van der Waals surface area contributed by atoms with Crippen molar-refractivity contribution in [2.24, 2.45) is 5.73 Å². The standard InChI is InChI=1S/C22H43N3O20P2/c23-4-1-3-10(25-13(26)9-41-22-19(32)17(30)15(28)12(45-22)8-43-47(37,38)39)20(33)24-5-2-6-40-21-18(31)16(29)14(27)11(44-21)7-42-46(34,35)36/h10-12,14-19,21-22,27-32H,1-9,23H2,(H,24,33)(H,25,26)(H2,34,35,36)(H2,37,38,39)/t10-,11+,12+,14+,15+,16-,17-,18-,19-,21-,22-/m0/s1. The molecule has 0 aromatic carbocycles. The quantitative estimate of drug-likeness (QED) is 0.0434. The van der Waals surface area contributed by atoms with Gasteiger partial charge in [0.05, 0.1) is 19.8 Å². The number of nitrogens with two attached hydrogens (primary N) is 1. The number of rotatable bonds is 19. The average Bonchev–Trinajstić information content (AvgIpc) is 2.99. The summed E-state index contributed by atoms with van der Waals surface area (Å²) in [4.78, 5) is 60.7. The fraction of sp³-hybridized carbons (Fsp3) is 0.909. The highest BCUT2D eigenvalue weighted by Crippen LogP contribution is 2.38. The van der Waals surface area contributed by atoms with Gasteiger partial charge >= 0.3 is 15.6 Å². The predicted molar refractivity (Wildman–Crippen MR) is 149 cm³/mol. The first-order valence-electron chi connectivity index (χ1n) is 14.1. The largest absolute Gasteiger partial charge is 0.469 e. The summed E-state index contributed by atoms with van der Waals surface area (Å²) in [6, 6.07) is -1.11. The van der Waals surface area contributed by atoms with E-state index in [9.17, 15) is 49.4 Å². The molecule has 2 aliphatic heterocycles. The molecule has 23 nitrogen and oxygen atoms in total. The minimum absolute atomic E-state index is 0.0243. The zero-order valence-corrected chi connectivity index (χ0v) is 26.5. The summed E-state index contributed by atoms with van der Waals surface area (Å²) in [7, 11) is -9.89. The molecule has 2 fully saturated rings. The van der Waals surface area contributed by atoms with Crippen LogP contribution in [0.2, 0.25) is 0 Å². The zero-order chi connectivity index (χ0) is 35.5. The Morgan fingerprint density at radius 2 is 1.23 bits per heavy atom. The lowest BCUT2D eigenvalue weighted by molar-refractivity contribution is -0.300. The van der Waals surface area contributed by atoms with Crippen molar-refractivity contribution < 1.29 is 96.9 Å². The summed E-state index contributed by atoms with van der Waals surface area (Å²) >= 11 is 0. The van der Waals surface area contributed by atoms with Crippen LogP contribution < -0.4 is 16.4 Å². The molecule has 0 unspecified atom stereocenters. The van der Waals surface area contributed by atoms with Gasteiger partial charge in [-0.15, -0.1) is 0 Å². The second-order valence-corrected chi connectivity index (χ2v) is 13.0. The van der Waals surface area contributed by atoms with Crippen molar-refractivity contribution >= 4 is 27.5 Å². The number of aliphatic hydroxyl groups is 6. The van der Waals surface area contributed by atoms with Crippen LogP contribution in [0.1, 0.15) is 19.3 Å². The van der Waals surface area contributed by atoms with Gasteiger partial charge in [-0.1, -0.05) is 0 Å². The van der Waals surface area contributed by atoms with Crippen LogP contribution in [-0.2, 0) is 46.7 Å². The van der Waals surface area contributed by atoms with Crippen LogP contribution >= 0.6 is 15.6 Å². The third kappa shape index (κ3) is 14.2. The zero-order valence-electron chi connectivity index (χ0n) is 24.7. The molecular weight excluding hydrogens is 688 g/mol. The van der Waals surface area contributed by atoms with E-state index in [0.29, 0.717) is 6.42 Å². The van der Waals surface area contributed by atoms with Crippen molar-refractivity contribution in [2.45, 2.75) is 86.7 Å². The van der Waals surface area contributed by atoms with Gasteiger partial charge in [0.15, 0.2) is 12.6 Å². The molecule has 11 atom stereocenters. The molecule has 2 saturated heterocycles. The smallest absolute Gasteiger partial charge is 0.387 e. The van der Waals surface area contributed by atoms with Gasteiger partial charge in [0.2, 0.25) is 11.8 Å². The summed E-state index contributed by atoms with van der Waals surface area (Å²) in [5.74, 6) is -1.51. The summed E-state index contributed by atoms with van der Waals surface area (Å²) in [6.45, 7) is -2.54. The minimum Gasteiger partial charge on any atom is -0.387 e. The number of carbonyl (C=O) groups excluding carboxylic acids is 2. The molecule has 47 heavy (non-hydrogen) atoms. The van der Waals surface area contributed by atoms with Crippen molar-refractivity contribution in [3.8, 4) is 0 Å². The average molecular weight is 732 g/mol. The van der Waals surface area contributed by atoms with Gasteiger partial charge in [0, 0.05) is 6.54 Å². The van der Waals surface area contributed by atoms with Gasteiger partial charge in [0.1, 0.15) is 61.5 Å². The maximum absolute atomic E-state index is 12.8. The van der Waals surface area contributed by atoms with E-state index in [1.807, 2.05) is 0 Å². The van der Waals surface area contributed by atoms with Crippen molar-refractivity contribution in [1.82, 2.24) is 10.6 Å². The molecule has 0 spiro atoms. The van der Waals surface area contributed by atoms with E-state index in [1.54, 1.807) is 0 Å². The number of phosphoric ester groups is 2. The number of carbonyl (C=O) groups is 2. The Balaban J connectivity index is 1.83. The van der Waals surface area contributed by atoms with Crippen LogP contribution in [-0.4, -0.2) is 169 Å². The predicted octanol–water partition coefficient (Wildman–Crippen LogP) is -6.42. The molecule has 25 heteroatoms. The Morgan fingerprint density at radius 1 is 0.745 bits per heavy atom. The van der Waals surface area contributed by atoms with Crippen LogP contribution in [0.15, 0.2) is 0 Å². The maximum Gasteiger partial charge on any atom is 0.469 e. The molecule has 0 bridgehead atoms. The lowest BCUT2D eigenvalue weighted by Gasteiger charge is -2.40. The molecule has 0 aromatic rings. The van der Waals surface area contributed by atoms with Gasteiger partial charge in [-0.25, -0.2) is 9.13 Å². The molecule has 14 N–H and O–H groups in total. The molecule has 2 amide bonds. The van der Waals surface area contributed by atoms with Crippen molar-refractivity contribution in [3.05, 3.63) is 0 Å². The Hall–Kier alpha value is -1.28. The van der Waals surface area contributed by atoms with Crippen molar-refractivity contribution in [1.29, 1.82) is 0 Å². The molecule has 276 valence electrons. The van der Waals surface area contributed by atoms with Gasteiger partial charge < -0.3 is 85.5 Å². The van der Waals surface area contributed by atoms with Crippen LogP contribution in [0.4, 0.5) is 0 Å². The topological polar surface area (TPSA) is 376 Å². The Kier molecular flexibility index (Phi) is 17.1. The number of aliphatic hydroxyl groups excluding tert-OH is 6. The van der Waals surface area contributed by atoms with E-state index < -0.39 is 115 Å².